The van der Waals surface area contributed by atoms with E-state index in [-0.39, 0.29) is 30.0 Å². The summed E-state index contributed by atoms with van der Waals surface area (Å²) in [7, 11) is -3.90. The van der Waals surface area contributed by atoms with Gasteiger partial charge in [0, 0.05) is 13.1 Å². The van der Waals surface area contributed by atoms with Crippen LogP contribution in [-0.4, -0.2) is 84.4 Å². The van der Waals surface area contributed by atoms with Crippen LogP contribution in [0.1, 0.15) is 105 Å². The number of sulfonamides is 1. The fourth-order valence-electron chi connectivity index (χ4n) is 8.67. The molecule has 1 aliphatic heterocycles. The van der Waals surface area contributed by atoms with Crippen LogP contribution in [0.3, 0.4) is 0 Å². The van der Waals surface area contributed by atoms with Crippen LogP contribution in [0.2, 0.25) is 0 Å². The number of hydrogen-bond acceptors (Lipinski definition) is 7. The molecule has 4 saturated carbocycles. The number of carbonyl (C=O) groups is 5. The summed E-state index contributed by atoms with van der Waals surface area (Å²) in [4.78, 5) is 64.6. The lowest BCUT2D eigenvalue weighted by Gasteiger charge is -2.55. The average Bonchev–Trinajstić information content (AvgIpc) is 3.52. The summed E-state index contributed by atoms with van der Waals surface area (Å²) in [5.41, 5.74) is -0.0594. The van der Waals surface area contributed by atoms with Gasteiger partial charge in [0.1, 0.15) is 18.4 Å². The number of aromatic carboxylic acids is 1. The quantitative estimate of drug-likeness (QED) is 0.162. The molecule has 1 aromatic carbocycles. The van der Waals surface area contributed by atoms with Crippen molar-refractivity contribution in [1.29, 1.82) is 0 Å². The van der Waals surface area contributed by atoms with E-state index in [4.69, 9.17) is 0 Å². The van der Waals surface area contributed by atoms with Crippen LogP contribution in [0.5, 0.6) is 0 Å². The zero-order valence-electron chi connectivity index (χ0n) is 27.3. The fourth-order valence-corrected chi connectivity index (χ4v) is 10.9. The number of hydrogen-bond donors (Lipinski definition) is 4. The van der Waals surface area contributed by atoms with Crippen molar-refractivity contribution in [3.05, 3.63) is 35.4 Å². The van der Waals surface area contributed by atoms with Crippen molar-refractivity contribution in [2.45, 2.75) is 107 Å². The standard InChI is InChI=1S/C34H48N4O8S/c1-21(2)28(20-39)36-31(41)29-11-7-13-38(29)32(42)27(10-5-6-12-35-30(40)25-8-3-4-9-26(25)33(43)44)37-47(45,46)34-17-22-14-23(18-34)16-24(15-22)19-34/h3-4,8-9,20-24,27-29,37H,5-7,10-19H2,1-2H3,(H,35,40)(H,36,41)(H,43,44)/t22?,23?,24?,27-,28+,29-,34?/m0/s1. The van der Waals surface area contributed by atoms with Gasteiger partial charge in [0.25, 0.3) is 5.91 Å². The minimum Gasteiger partial charge on any atom is -0.478 e. The van der Waals surface area contributed by atoms with Crippen LogP contribution < -0.4 is 15.4 Å². The van der Waals surface area contributed by atoms with Crippen molar-refractivity contribution >= 4 is 40.0 Å². The molecule has 47 heavy (non-hydrogen) atoms. The molecule has 0 aromatic heterocycles. The first-order chi connectivity index (χ1) is 22.3. The van der Waals surface area contributed by atoms with Gasteiger partial charge in [0.15, 0.2) is 0 Å². The number of amides is 3. The molecular formula is C34H48N4O8S. The minimum atomic E-state index is -3.90. The SMILES string of the molecule is CC(C)[C@@H](C=O)NC(=O)[C@@H]1CCCN1C(=O)[C@H](CCCCNC(=O)c1ccccc1C(=O)O)NS(=O)(=O)C12CC3CC(CC(C3)C1)C2. The number of likely N-dealkylation sites (tertiary alicyclic amines) is 1. The first-order valence-electron chi connectivity index (χ1n) is 17.0. The third-order valence-corrected chi connectivity index (χ3v) is 13.0. The second kappa shape index (κ2) is 14.4. The highest BCUT2D eigenvalue weighted by Crippen LogP contribution is 2.58. The number of aldehydes is 1. The van der Waals surface area contributed by atoms with Crippen LogP contribution in [0.25, 0.3) is 0 Å². The Morgan fingerprint density at radius 1 is 1.00 bits per heavy atom. The van der Waals surface area contributed by atoms with Crippen LogP contribution >= 0.6 is 0 Å². The number of unbranched alkanes of at least 4 members (excludes halogenated alkanes) is 1. The summed E-state index contributed by atoms with van der Waals surface area (Å²) in [6.45, 7) is 4.14. The first kappa shape index (κ1) is 35.0. The number of carbonyl (C=O) groups excluding carboxylic acids is 4. The van der Waals surface area contributed by atoms with Crippen molar-refractivity contribution in [3.8, 4) is 0 Å². The number of carboxylic acids is 1. The summed E-state index contributed by atoms with van der Waals surface area (Å²) < 4.78 is 30.4. The third-order valence-electron chi connectivity index (χ3n) is 10.8. The van der Waals surface area contributed by atoms with E-state index in [0.29, 0.717) is 75.5 Å². The Morgan fingerprint density at radius 3 is 2.19 bits per heavy atom. The Hall–Kier alpha value is -3.32. The zero-order valence-corrected chi connectivity index (χ0v) is 28.1. The van der Waals surface area contributed by atoms with E-state index in [0.717, 1.165) is 19.3 Å². The highest BCUT2D eigenvalue weighted by molar-refractivity contribution is 7.91. The van der Waals surface area contributed by atoms with Gasteiger partial charge < -0.3 is 25.4 Å². The molecule has 1 heterocycles. The molecule has 5 fully saturated rings. The van der Waals surface area contributed by atoms with Crippen molar-refractivity contribution in [2.24, 2.45) is 23.7 Å². The Bertz CT molecular complexity index is 1440. The molecule has 4 aliphatic carbocycles. The van der Waals surface area contributed by atoms with Gasteiger partial charge in [-0.2, -0.15) is 0 Å². The number of benzene rings is 1. The molecule has 0 spiro atoms. The van der Waals surface area contributed by atoms with Gasteiger partial charge in [-0.1, -0.05) is 26.0 Å². The van der Waals surface area contributed by atoms with Gasteiger partial charge in [-0.25, -0.2) is 17.9 Å². The van der Waals surface area contributed by atoms with E-state index in [9.17, 15) is 37.5 Å². The number of nitrogens with one attached hydrogen (secondary N) is 3. The van der Waals surface area contributed by atoms with Crippen LogP contribution in [-0.2, 0) is 24.4 Å². The Labute approximate surface area is 276 Å². The highest BCUT2D eigenvalue weighted by Gasteiger charge is 2.58. The maximum Gasteiger partial charge on any atom is 0.336 e. The molecule has 13 heteroatoms. The third kappa shape index (κ3) is 7.56. The van der Waals surface area contributed by atoms with E-state index in [1.165, 1.54) is 17.0 Å². The summed E-state index contributed by atoms with van der Waals surface area (Å²) in [6, 6.07) is 3.34. The molecule has 258 valence electrons. The maximum absolute atomic E-state index is 14.2. The molecule has 1 aromatic rings. The number of rotatable bonds is 15. The van der Waals surface area contributed by atoms with Crippen molar-refractivity contribution in [2.75, 3.05) is 13.1 Å². The molecule has 3 amide bonds. The molecule has 4 N–H and O–H groups in total. The molecule has 4 bridgehead atoms. The lowest BCUT2D eigenvalue weighted by Crippen LogP contribution is -2.61. The summed E-state index contributed by atoms with van der Waals surface area (Å²) in [5, 5.41) is 14.9. The van der Waals surface area contributed by atoms with E-state index >= 15 is 0 Å². The molecule has 1 saturated heterocycles. The Balaban J connectivity index is 1.28. The fraction of sp³-hybridized carbons (Fsp3) is 0.676. The van der Waals surface area contributed by atoms with E-state index in [1.807, 2.05) is 13.8 Å². The predicted octanol–water partition coefficient (Wildman–Crippen LogP) is 2.87. The summed E-state index contributed by atoms with van der Waals surface area (Å²) >= 11 is 0. The molecule has 3 atom stereocenters. The van der Waals surface area contributed by atoms with E-state index in [1.54, 1.807) is 12.1 Å². The molecular weight excluding hydrogens is 624 g/mol. The van der Waals surface area contributed by atoms with Gasteiger partial charge in [0.05, 0.1) is 21.9 Å². The van der Waals surface area contributed by atoms with E-state index in [2.05, 4.69) is 15.4 Å². The smallest absolute Gasteiger partial charge is 0.336 e. The Morgan fingerprint density at radius 2 is 1.62 bits per heavy atom. The lowest BCUT2D eigenvalue weighted by atomic mass is 9.56. The predicted molar refractivity (Wildman–Crippen MR) is 174 cm³/mol. The largest absolute Gasteiger partial charge is 0.478 e. The zero-order chi connectivity index (χ0) is 33.9. The van der Waals surface area contributed by atoms with Crippen molar-refractivity contribution in [3.63, 3.8) is 0 Å². The number of carboxylic acid groups (broad SMARTS) is 1. The lowest BCUT2D eigenvalue weighted by molar-refractivity contribution is -0.140. The monoisotopic (exact) mass is 672 g/mol. The van der Waals surface area contributed by atoms with Crippen LogP contribution in [0, 0.1) is 23.7 Å². The van der Waals surface area contributed by atoms with Gasteiger partial charge in [-0.3, -0.25) is 14.4 Å². The van der Waals surface area contributed by atoms with Gasteiger partial charge in [0.2, 0.25) is 21.8 Å². The molecule has 6 rings (SSSR count). The van der Waals surface area contributed by atoms with Gasteiger partial charge in [-0.05, 0) is 106 Å². The summed E-state index contributed by atoms with van der Waals surface area (Å²) in [6.07, 6.45) is 7.70. The van der Waals surface area contributed by atoms with Gasteiger partial charge >= 0.3 is 5.97 Å². The average molecular weight is 673 g/mol. The first-order valence-corrected chi connectivity index (χ1v) is 18.5. The second-order valence-electron chi connectivity index (χ2n) is 14.5. The number of nitrogens with zero attached hydrogens (tertiary/aromatic N) is 1. The molecule has 0 unspecified atom stereocenters. The molecule has 12 nitrogen and oxygen atoms in total. The van der Waals surface area contributed by atoms with Crippen LogP contribution in [0.15, 0.2) is 24.3 Å². The van der Waals surface area contributed by atoms with Crippen LogP contribution in [0.4, 0.5) is 0 Å². The van der Waals surface area contributed by atoms with E-state index < -0.39 is 56.6 Å². The normalized spacial score (nSPS) is 27.8. The van der Waals surface area contributed by atoms with Crippen molar-refractivity contribution < 1.29 is 37.5 Å². The minimum absolute atomic E-state index is 0.0454. The summed E-state index contributed by atoms with van der Waals surface area (Å²) in [5.74, 6) is -1.57. The molecule has 5 aliphatic rings. The van der Waals surface area contributed by atoms with Gasteiger partial charge in [-0.15, -0.1) is 0 Å². The topological polar surface area (TPSA) is 179 Å². The Kier molecular flexibility index (Phi) is 10.7. The second-order valence-corrected chi connectivity index (χ2v) is 16.6. The highest BCUT2D eigenvalue weighted by atomic mass is 32.2. The maximum atomic E-state index is 14.2. The molecule has 0 radical (unpaired) electrons. The van der Waals surface area contributed by atoms with Crippen molar-refractivity contribution in [1.82, 2.24) is 20.3 Å².